The van der Waals surface area contributed by atoms with Crippen LogP contribution in [0, 0.1) is 5.82 Å². The third-order valence-corrected chi connectivity index (χ3v) is 4.34. The van der Waals surface area contributed by atoms with Crippen LogP contribution >= 0.6 is 0 Å². The van der Waals surface area contributed by atoms with Crippen LogP contribution in [0.2, 0.25) is 0 Å². The number of aromatic amines is 1. The maximum absolute atomic E-state index is 13.2. The van der Waals surface area contributed by atoms with Crippen LogP contribution in [0.5, 0.6) is 0 Å². The van der Waals surface area contributed by atoms with Crippen LogP contribution in [0.15, 0.2) is 29.8 Å². The molecule has 0 aliphatic heterocycles. The first kappa shape index (κ1) is 15.7. The zero-order chi connectivity index (χ0) is 16.2. The molecule has 1 aliphatic carbocycles. The minimum absolute atomic E-state index is 0.0237. The highest BCUT2D eigenvalue weighted by molar-refractivity contribution is 5.77. The highest BCUT2D eigenvalue weighted by Crippen LogP contribution is 2.20. The van der Waals surface area contributed by atoms with Gasteiger partial charge in [-0.1, -0.05) is 11.6 Å². The summed E-state index contributed by atoms with van der Waals surface area (Å²) in [6.07, 6.45) is 7.80. The van der Waals surface area contributed by atoms with Crippen LogP contribution in [0.25, 0.3) is 11.0 Å². The number of carbonyl (C=O) groups is 1. The molecule has 1 amide bonds. The molecule has 1 aromatic carbocycles. The monoisotopic (exact) mass is 315 g/mol. The molecule has 3 rings (SSSR count). The summed E-state index contributed by atoms with van der Waals surface area (Å²) < 4.78 is 13.2. The van der Waals surface area contributed by atoms with Crippen molar-refractivity contribution in [2.45, 2.75) is 51.5 Å². The second-order valence-corrected chi connectivity index (χ2v) is 6.16. The lowest BCUT2D eigenvalue weighted by Crippen LogP contribution is -2.34. The quantitative estimate of drug-likeness (QED) is 0.828. The smallest absolute Gasteiger partial charge is 0.220 e. The highest BCUT2D eigenvalue weighted by Gasteiger charge is 2.14. The van der Waals surface area contributed by atoms with Crippen molar-refractivity contribution in [2.24, 2.45) is 0 Å². The summed E-state index contributed by atoms with van der Waals surface area (Å²) in [6.45, 7) is 2.04. The molecule has 1 heterocycles. The molecule has 2 aromatic rings. The molecule has 1 aliphatic rings. The van der Waals surface area contributed by atoms with Gasteiger partial charge in [0.15, 0.2) is 0 Å². The topological polar surface area (TPSA) is 57.8 Å². The van der Waals surface area contributed by atoms with E-state index in [1.807, 2.05) is 6.92 Å². The van der Waals surface area contributed by atoms with Crippen LogP contribution in [0.1, 0.15) is 44.9 Å². The first-order valence-electron chi connectivity index (χ1n) is 8.24. The zero-order valence-corrected chi connectivity index (χ0v) is 13.4. The van der Waals surface area contributed by atoms with Crippen LogP contribution in [-0.4, -0.2) is 21.9 Å². The summed E-state index contributed by atoms with van der Waals surface area (Å²) in [7, 11) is 0. The van der Waals surface area contributed by atoms with Crippen LogP contribution in [-0.2, 0) is 11.2 Å². The lowest BCUT2D eigenvalue weighted by atomic mass is 9.94. The van der Waals surface area contributed by atoms with Gasteiger partial charge >= 0.3 is 0 Å². The van der Waals surface area contributed by atoms with Gasteiger partial charge in [-0.25, -0.2) is 9.37 Å². The van der Waals surface area contributed by atoms with Crippen molar-refractivity contribution in [3.8, 4) is 0 Å². The average Bonchev–Trinajstić information content (AvgIpc) is 2.95. The van der Waals surface area contributed by atoms with E-state index in [4.69, 9.17) is 0 Å². The molecule has 0 saturated carbocycles. The van der Waals surface area contributed by atoms with E-state index in [0.717, 1.165) is 18.4 Å². The van der Waals surface area contributed by atoms with Gasteiger partial charge in [-0.3, -0.25) is 4.79 Å². The first-order chi connectivity index (χ1) is 11.1. The van der Waals surface area contributed by atoms with Gasteiger partial charge in [-0.15, -0.1) is 0 Å². The third kappa shape index (κ3) is 3.97. The predicted molar refractivity (Wildman–Crippen MR) is 88.5 cm³/mol. The van der Waals surface area contributed by atoms with Crippen molar-refractivity contribution in [1.82, 2.24) is 15.3 Å². The molecular weight excluding hydrogens is 293 g/mol. The number of allylic oxidation sites excluding steroid dienone is 1. The van der Waals surface area contributed by atoms with Crippen LogP contribution in [0.4, 0.5) is 4.39 Å². The van der Waals surface area contributed by atoms with Crippen molar-refractivity contribution in [3.63, 3.8) is 0 Å². The standard InChI is InChI=1S/C18H22FN3O/c1-12(13-5-3-2-4-6-13)20-18(23)10-9-17-21-15-8-7-14(19)11-16(15)22-17/h5,7-8,11-12H,2-4,6,9-10H2,1H3,(H,20,23)(H,21,22). The number of nitrogens with zero attached hydrogens (tertiary/aromatic N) is 1. The van der Waals surface area contributed by atoms with Crippen molar-refractivity contribution >= 4 is 16.9 Å². The van der Waals surface area contributed by atoms with E-state index in [1.165, 1.54) is 30.5 Å². The maximum atomic E-state index is 13.2. The minimum Gasteiger partial charge on any atom is -0.350 e. The molecule has 0 radical (unpaired) electrons. The van der Waals surface area contributed by atoms with E-state index >= 15 is 0 Å². The van der Waals surface area contributed by atoms with Gasteiger partial charge in [0.05, 0.1) is 11.0 Å². The fraction of sp³-hybridized carbons (Fsp3) is 0.444. The number of hydrogen-bond donors (Lipinski definition) is 2. The molecule has 4 nitrogen and oxygen atoms in total. The Morgan fingerprint density at radius 1 is 1.43 bits per heavy atom. The fourth-order valence-corrected chi connectivity index (χ4v) is 3.05. The number of hydrogen-bond acceptors (Lipinski definition) is 2. The van der Waals surface area contributed by atoms with Crippen LogP contribution in [0.3, 0.4) is 0 Å². The van der Waals surface area contributed by atoms with Gasteiger partial charge in [-0.05, 0) is 50.8 Å². The number of aryl methyl sites for hydroxylation is 1. The molecule has 2 N–H and O–H groups in total. The Morgan fingerprint density at radius 3 is 3.09 bits per heavy atom. The molecule has 0 spiro atoms. The second-order valence-electron chi connectivity index (χ2n) is 6.16. The molecular formula is C18H22FN3O. The van der Waals surface area contributed by atoms with Crippen molar-refractivity contribution in [3.05, 3.63) is 41.5 Å². The van der Waals surface area contributed by atoms with E-state index in [2.05, 4.69) is 21.4 Å². The molecule has 0 fully saturated rings. The Hall–Kier alpha value is -2.17. The Kier molecular flexibility index (Phi) is 4.74. The molecule has 1 unspecified atom stereocenters. The minimum atomic E-state index is -0.292. The largest absolute Gasteiger partial charge is 0.350 e. The van der Waals surface area contributed by atoms with Gasteiger partial charge in [-0.2, -0.15) is 0 Å². The van der Waals surface area contributed by atoms with Gasteiger partial charge in [0.1, 0.15) is 11.6 Å². The maximum Gasteiger partial charge on any atom is 0.220 e. The summed E-state index contributed by atoms with van der Waals surface area (Å²) >= 11 is 0. The molecule has 23 heavy (non-hydrogen) atoms. The summed E-state index contributed by atoms with van der Waals surface area (Å²) in [5.74, 6) is 0.445. The normalized spacial score (nSPS) is 16.2. The molecule has 1 aromatic heterocycles. The molecule has 0 saturated heterocycles. The lowest BCUT2D eigenvalue weighted by molar-refractivity contribution is -0.121. The second kappa shape index (κ2) is 6.94. The number of amides is 1. The van der Waals surface area contributed by atoms with Crippen molar-refractivity contribution in [2.75, 3.05) is 0 Å². The number of H-pyrrole nitrogens is 1. The summed E-state index contributed by atoms with van der Waals surface area (Å²) in [4.78, 5) is 19.5. The third-order valence-electron chi connectivity index (χ3n) is 4.34. The summed E-state index contributed by atoms with van der Waals surface area (Å²) in [5.41, 5.74) is 2.73. The first-order valence-corrected chi connectivity index (χ1v) is 8.24. The van der Waals surface area contributed by atoms with Crippen LogP contribution < -0.4 is 5.32 Å². The number of benzene rings is 1. The van der Waals surface area contributed by atoms with E-state index in [1.54, 1.807) is 6.07 Å². The van der Waals surface area contributed by atoms with Gasteiger partial charge < -0.3 is 10.3 Å². The van der Waals surface area contributed by atoms with Crippen molar-refractivity contribution in [1.29, 1.82) is 0 Å². The molecule has 5 heteroatoms. The Bertz CT molecular complexity index is 735. The SMILES string of the molecule is CC(NC(=O)CCc1nc2ccc(F)cc2[nH]1)C1=CCCCC1. The Balaban J connectivity index is 1.54. The van der Waals surface area contributed by atoms with E-state index < -0.39 is 0 Å². The number of rotatable bonds is 5. The molecule has 0 bridgehead atoms. The number of imidazole rings is 1. The Morgan fingerprint density at radius 2 is 2.30 bits per heavy atom. The average molecular weight is 315 g/mol. The van der Waals surface area contributed by atoms with Gasteiger partial charge in [0.2, 0.25) is 5.91 Å². The number of fused-ring (bicyclic) bond motifs is 1. The predicted octanol–water partition coefficient (Wildman–Crippen LogP) is 3.64. The number of halogens is 1. The molecule has 122 valence electrons. The molecule has 1 atom stereocenters. The lowest BCUT2D eigenvalue weighted by Gasteiger charge is -2.20. The summed E-state index contributed by atoms with van der Waals surface area (Å²) in [5, 5.41) is 3.05. The summed E-state index contributed by atoms with van der Waals surface area (Å²) in [6, 6.07) is 4.55. The van der Waals surface area contributed by atoms with Gasteiger partial charge in [0, 0.05) is 18.9 Å². The number of aromatic nitrogens is 2. The highest BCUT2D eigenvalue weighted by atomic mass is 19.1. The zero-order valence-electron chi connectivity index (χ0n) is 13.4. The van der Waals surface area contributed by atoms with Gasteiger partial charge in [0.25, 0.3) is 0 Å². The fourth-order valence-electron chi connectivity index (χ4n) is 3.05. The van der Waals surface area contributed by atoms with E-state index in [0.29, 0.717) is 24.2 Å². The van der Waals surface area contributed by atoms with E-state index in [9.17, 15) is 9.18 Å². The van der Waals surface area contributed by atoms with E-state index in [-0.39, 0.29) is 17.8 Å². The number of nitrogens with one attached hydrogen (secondary N) is 2. The Labute approximate surface area is 135 Å². The van der Waals surface area contributed by atoms with Crippen molar-refractivity contribution < 1.29 is 9.18 Å². The number of carbonyl (C=O) groups excluding carboxylic acids is 1.